The smallest absolute Gasteiger partial charge is 0.221 e. The van der Waals surface area contributed by atoms with Gasteiger partial charge in [0.15, 0.2) is 0 Å². The Balaban J connectivity index is 1.91. The molecular weight excluding hydrogens is 248 g/mol. The SMILES string of the molecule is CC(=O)Nc1ccccc1CN[C@@H](C)C1CCCCC1. The number of rotatable bonds is 5. The van der Waals surface area contributed by atoms with E-state index in [1.54, 1.807) is 6.92 Å². The highest BCUT2D eigenvalue weighted by Gasteiger charge is 2.19. The molecule has 0 unspecified atom stereocenters. The van der Waals surface area contributed by atoms with Crippen LogP contribution in [0.1, 0.15) is 51.5 Å². The lowest BCUT2D eigenvalue weighted by Crippen LogP contribution is -2.34. The monoisotopic (exact) mass is 274 g/mol. The molecule has 0 bridgehead atoms. The van der Waals surface area contributed by atoms with Crippen molar-refractivity contribution in [2.75, 3.05) is 5.32 Å². The lowest BCUT2D eigenvalue weighted by molar-refractivity contribution is -0.114. The first kappa shape index (κ1) is 15.0. The summed E-state index contributed by atoms with van der Waals surface area (Å²) >= 11 is 0. The third kappa shape index (κ3) is 4.34. The summed E-state index contributed by atoms with van der Waals surface area (Å²) in [5.41, 5.74) is 2.08. The predicted octanol–water partition coefficient (Wildman–Crippen LogP) is 3.70. The Bertz CT molecular complexity index is 438. The molecule has 3 heteroatoms. The van der Waals surface area contributed by atoms with Crippen LogP contribution in [0.4, 0.5) is 5.69 Å². The quantitative estimate of drug-likeness (QED) is 0.859. The molecule has 3 nitrogen and oxygen atoms in total. The molecule has 1 aliphatic carbocycles. The van der Waals surface area contributed by atoms with Gasteiger partial charge in [-0.15, -0.1) is 0 Å². The lowest BCUT2D eigenvalue weighted by Gasteiger charge is -2.28. The van der Waals surface area contributed by atoms with Crippen LogP contribution in [0.25, 0.3) is 0 Å². The van der Waals surface area contributed by atoms with Crippen LogP contribution in [0.2, 0.25) is 0 Å². The number of nitrogens with one attached hydrogen (secondary N) is 2. The van der Waals surface area contributed by atoms with E-state index >= 15 is 0 Å². The van der Waals surface area contributed by atoms with Crippen LogP contribution in [-0.2, 0) is 11.3 Å². The van der Waals surface area contributed by atoms with Crippen molar-refractivity contribution in [2.24, 2.45) is 5.92 Å². The van der Waals surface area contributed by atoms with Crippen molar-refractivity contribution < 1.29 is 4.79 Å². The van der Waals surface area contributed by atoms with Crippen LogP contribution in [0.5, 0.6) is 0 Å². The first-order valence-electron chi connectivity index (χ1n) is 7.75. The van der Waals surface area contributed by atoms with Crippen LogP contribution in [-0.4, -0.2) is 11.9 Å². The van der Waals surface area contributed by atoms with Gasteiger partial charge in [0.05, 0.1) is 0 Å². The molecule has 110 valence electrons. The van der Waals surface area contributed by atoms with E-state index in [2.05, 4.69) is 23.6 Å². The summed E-state index contributed by atoms with van der Waals surface area (Å²) in [6.45, 7) is 4.65. The molecule has 0 saturated heterocycles. The van der Waals surface area contributed by atoms with Gasteiger partial charge >= 0.3 is 0 Å². The summed E-state index contributed by atoms with van der Waals surface area (Å²) < 4.78 is 0. The number of carbonyl (C=O) groups is 1. The molecule has 2 N–H and O–H groups in total. The molecule has 0 spiro atoms. The second-order valence-corrected chi connectivity index (χ2v) is 5.91. The van der Waals surface area contributed by atoms with E-state index in [4.69, 9.17) is 0 Å². The second-order valence-electron chi connectivity index (χ2n) is 5.91. The molecule has 2 rings (SSSR count). The second kappa shape index (κ2) is 7.44. The Morgan fingerprint density at radius 1 is 1.25 bits per heavy atom. The van der Waals surface area contributed by atoms with Gasteiger partial charge in [-0.3, -0.25) is 4.79 Å². The van der Waals surface area contributed by atoms with Gasteiger partial charge in [-0.25, -0.2) is 0 Å². The van der Waals surface area contributed by atoms with Crippen LogP contribution >= 0.6 is 0 Å². The van der Waals surface area contributed by atoms with Gasteiger partial charge in [0.25, 0.3) is 0 Å². The third-order valence-electron chi connectivity index (χ3n) is 4.30. The number of anilines is 1. The number of hydrogen-bond donors (Lipinski definition) is 2. The average molecular weight is 274 g/mol. The molecule has 20 heavy (non-hydrogen) atoms. The van der Waals surface area contributed by atoms with Crippen LogP contribution < -0.4 is 10.6 Å². The lowest BCUT2D eigenvalue weighted by atomic mass is 9.84. The molecule has 1 saturated carbocycles. The van der Waals surface area contributed by atoms with Crippen LogP contribution in [0.15, 0.2) is 24.3 Å². The zero-order valence-electron chi connectivity index (χ0n) is 12.6. The van der Waals surface area contributed by atoms with E-state index in [-0.39, 0.29) is 5.91 Å². The predicted molar refractivity (Wildman–Crippen MR) is 83.6 cm³/mol. The fourth-order valence-electron chi connectivity index (χ4n) is 3.06. The highest BCUT2D eigenvalue weighted by atomic mass is 16.1. The highest BCUT2D eigenvalue weighted by Crippen LogP contribution is 2.26. The Kier molecular flexibility index (Phi) is 5.60. The zero-order valence-corrected chi connectivity index (χ0v) is 12.6. The molecule has 1 atom stereocenters. The minimum atomic E-state index is -0.0159. The molecular formula is C17H26N2O. The van der Waals surface area contributed by atoms with E-state index in [1.165, 1.54) is 32.1 Å². The molecule has 0 heterocycles. The van der Waals surface area contributed by atoms with Crippen LogP contribution in [0.3, 0.4) is 0 Å². The molecule has 0 aromatic heterocycles. The van der Waals surface area contributed by atoms with Gasteiger partial charge in [0.1, 0.15) is 0 Å². The summed E-state index contributed by atoms with van der Waals surface area (Å²) in [7, 11) is 0. The van der Waals surface area contributed by atoms with E-state index in [0.29, 0.717) is 6.04 Å². The first-order chi connectivity index (χ1) is 9.66. The average Bonchev–Trinajstić information content (AvgIpc) is 2.46. The normalized spacial score (nSPS) is 17.7. The van der Waals surface area contributed by atoms with Crippen molar-refractivity contribution in [2.45, 2.75) is 58.5 Å². The first-order valence-corrected chi connectivity index (χ1v) is 7.75. The maximum Gasteiger partial charge on any atom is 0.221 e. The maximum absolute atomic E-state index is 11.2. The van der Waals surface area contributed by atoms with E-state index in [1.807, 2.05) is 18.2 Å². The molecule has 1 amide bonds. The summed E-state index contributed by atoms with van der Waals surface area (Å²) in [6.07, 6.45) is 6.84. The largest absolute Gasteiger partial charge is 0.326 e. The highest BCUT2D eigenvalue weighted by molar-refractivity contribution is 5.89. The number of carbonyl (C=O) groups excluding carboxylic acids is 1. The molecule has 0 aliphatic heterocycles. The summed E-state index contributed by atoms with van der Waals surface area (Å²) in [5.74, 6) is 0.787. The molecule has 1 aromatic rings. The van der Waals surface area contributed by atoms with Crippen molar-refractivity contribution >= 4 is 11.6 Å². The van der Waals surface area contributed by atoms with Crippen LogP contribution in [0, 0.1) is 5.92 Å². The van der Waals surface area contributed by atoms with E-state index in [9.17, 15) is 4.79 Å². The molecule has 1 aliphatic rings. The Morgan fingerprint density at radius 2 is 1.95 bits per heavy atom. The maximum atomic E-state index is 11.2. The van der Waals surface area contributed by atoms with Crippen molar-refractivity contribution in [1.82, 2.24) is 5.32 Å². The standard InChI is InChI=1S/C17H26N2O/c1-13(15-8-4-3-5-9-15)18-12-16-10-6-7-11-17(16)19-14(2)20/h6-7,10-11,13,15,18H,3-5,8-9,12H2,1-2H3,(H,19,20)/t13-/m0/s1. The Hall–Kier alpha value is -1.35. The minimum absolute atomic E-state index is 0.0159. The van der Waals surface area contributed by atoms with Gasteiger partial charge in [-0.05, 0) is 37.3 Å². The molecule has 1 fully saturated rings. The minimum Gasteiger partial charge on any atom is -0.326 e. The van der Waals surface area contributed by atoms with E-state index in [0.717, 1.165) is 23.7 Å². The number of hydrogen-bond acceptors (Lipinski definition) is 2. The third-order valence-corrected chi connectivity index (χ3v) is 4.30. The van der Waals surface area contributed by atoms with Gasteiger partial charge in [0, 0.05) is 25.2 Å². The van der Waals surface area contributed by atoms with Gasteiger partial charge < -0.3 is 10.6 Å². The summed E-state index contributed by atoms with van der Waals surface area (Å²) in [6, 6.07) is 8.56. The van der Waals surface area contributed by atoms with Gasteiger partial charge in [-0.2, -0.15) is 0 Å². The van der Waals surface area contributed by atoms with Crippen molar-refractivity contribution in [3.8, 4) is 0 Å². The number of amides is 1. The molecule has 0 radical (unpaired) electrons. The topological polar surface area (TPSA) is 41.1 Å². The summed E-state index contributed by atoms with van der Waals surface area (Å²) in [4.78, 5) is 11.2. The van der Waals surface area contributed by atoms with Gasteiger partial charge in [-0.1, -0.05) is 37.5 Å². The Labute approximate surface area is 122 Å². The summed E-state index contributed by atoms with van der Waals surface area (Å²) in [5, 5.41) is 6.53. The fourth-order valence-corrected chi connectivity index (χ4v) is 3.06. The van der Waals surface area contributed by atoms with Crippen molar-refractivity contribution in [1.29, 1.82) is 0 Å². The molecule has 1 aromatic carbocycles. The number of benzene rings is 1. The van der Waals surface area contributed by atoms with Crippen molar-refractivity contribution in [3.05, 3.63) is 29.8 Å². The zero-order chi connectivity index (χ0) is 14.4. The van der Waals surface area contributed by atoms with E-state index < -0.39 is 0 Å². The Morgan fingerprint density at radius 3 is 2.65 bits per heavy atom. The van der Waals surface area contributed by atoms with Crippen molar-refractivity contribution in [3.63, 3.8) is 0 Å². The fraction of sp³-hybridized carbons (Fsp3) is 0.588. The van der Waals surface area contributed by atoms with Gasteiger partial charge in [0.2, 0.25) is 5.91 Å². The number of para-hydroxylation sites is 1.